The Bertz CT molecular complexity index is 1030. The van der Waals surface area contributed by atoms with Crippen LogP contribution < -0.4 is 4.74 Å². The van der Waals surface area contributed by atoms with Crippen LogP contribution in [0.3, 0.4) is 0 Å². The van der Waals surface area contributed by atoms with E-state index >= 15 is 0 Å². The molecule has 0 aliphatic carbocycles. The number of halogens is 2. The summed E-state index contributed by atoms with van der Waals surface area (Å²) < 4.78 is 29.7. The maximum atomic E-state index is 12.8. The Morgan fingerprint density at radius 2 is 1.67 bits per heavy atom. The molecule has 6 nitrogen and oxygen atoms in total. The summed E-state index contributed by atoms with van der Waals surface area (Å²) in [6.07, 6.45) is 0. The fraction of sp³-hybridized carbons (Fsp3) is 0.250. The Balaban J connectivity index is 1.39. The summed E-state index contributed by atoms with van der Waals surface area (Å²) in [5.41, 5.74) is 0.469. The summed E-state index contributed by atoms with van der Waals surface area (Å²) in [5, 5.41) is 4.50. The lowest BCUT2D eigenvalue weighted by molar-refractivity contribution is -0.0503. The van der Waals surface area contributed by atoms with E-state index in [-0.39, 0.29) is 17.2 Å². The molecule has 3 aromatic rings. The van der Waals surface area contributed by atoms with Crippen molar-refractivity contribution in [3.05, 3.63) is 58.4 Å². The summed E-state index contributed by atoms with van der Waals surface area (Å²) in [7, 11) is 0. The normalized spacial score (nSPS) is 14.2. The van der Waals surface area contributed by atoms with Gasteiger partial charge in [0.15, 0.2) is 0 Å². The minimum absolute atomic E-state index is 0.0812. The van der Waals surface area contributed by atoms with Crippen molar-refractivity contribution in [1.82, 2.24) is 14.8 Å². The lowest BCUT2D eigenvalue weighted by Gasteiger charge is -2.34. The van der Waals surface area contributed by atoms with Crippen LogP contribution >= 0.6 is 22.7 Å². The summed E-state index contributed by atoms with van der Waals surface area (Å²) in [6.45, 7) is -1.72. The lowest BCUT2D eigenvalue weighted by atomic mass is 10.1. The minimum atomic E-state index is -3.01. The molecule has 1 saturated heterocycles. The average molecular weight is 450 g/mol. The number of rotatable bonds is 5. The number of benzene rings is 1. The first-order valence-corrected chi connectivity index (χ1v) is 10.9. The maximum Gasteiger partial charge on any atom is 0.387 e. The van der Waals surface area contributed by atoms with Crippen LogP contribution in [0.1, 0.15) is 20.8 Å². The SMILES string of the molecule is O=C(c1csc(-c2cccs2)n1)N1CCN(C(=O)c2ccccc2OC(F)F)CC1. The Hall–Kier alpha value is -2.85. The van der Waals surface area contributed by atoms with Crippen LogP contribution in [0.25, 0.3) is 9.88 Å². The summed E-state index contributed by atoms with van der Waals surface area (Å²) in [5.74, 6) is -0.728. The first-order valence-electron chi connectivity index (χ1n) is 9.14. The highest BCUT2D eigenvalue weighted by molar-refractivity contribution is 7.20. The van der Waals surface area contributed by atoms with Crippen LogP contribution in [0.5, 0.6) is 5.75 Å². The van der Waals surface area contributed by atoms with E-state index in [4.69, 9.17) is 0 Å². The van der Waals surface area contributed by atoms with Crippen molar-refractivity contribution < 1.29 is 23.1 Å². The zero-order valence-electron chi connectivity index (χ0n) is 15.7. The third-order valence-electron chi connectivity index (χ3n) is 4.64. The van der Waals surface area contributed by atoms with Crippen LogP contribution in [0.4, 0.5) is 8.78 Å². The van der Waals surface area contributed by atoms with E-state index in [2.05, 4.69) is 9.72 Å². The predicted octanol–water partition coefficient (Wildman–Crippen LogP) is 4.07. The minimum Gasteiger partial charge on any atom is -0.434 e. The zero-order valence-corrected chi connectivity index (χ0v) is 17.3. The van der Waals surface area contributed by atoms with E-state index in [1.807, 2.05) is 17.5 Å². The molecule has 0 saturated carbocycles. The smallest absolute Gasteiger partial charge is 0.387 e. The molecule has 4 rings (SSSR count). The molecule has 0 atom stereocenters. The average Bonchev–Trinajstić information content (AvgIpc) is 3.45. The van der Waals surface area contributed by atoms with Crippen LogP contribution in [-0.4, -0.2) is 59.4 Å². The van der Waals surface area contributed by atoms with Crippen molar-refractivity contribution in [1.29, 1.82) is 0 Å². The van der Waals surface area contributed by atoms with Gasteiger partial charge in [-0.2, -0.15) is 8.78 Å². The highest BCUT2D eigenvalue weighted by atomic mass is 32.1. The Kier molecular flexibility index (Phi) is 6.05. The first kappa shape index (κ1) is 20.4. The van der Waals surface area contributed by atoms with Gasteiger partial charge in [-0.3, -0.25) is 9.59 Å². The number of ether oxygens (including phenoxy) is 1. The molecular formula is C20H17F2N3O3S2. The molecule has 10 heteroatoms. The van der Waals surface area contributed by atoms with Gasteiger partial charge in [-0.15, -0.1) is 22.7 Å². The number of nitrogens with zero attached hydrogens (tertiary/aromatic N) is 3. The van der Waals surface area contributed by atoms with Crippen LogP contribution in [0.2, 0.25) is 0 Å². The molecule has 0 bridgehead atoms. The highest BCUT2D eigenvalue weighted by Gasteiger charge is 2.28. The molecule has 0 N–H and O–H groups in total. The third-order valence-corrected chi connectivity index (χ3v) is 6.52. The highest BCUT2D eigenvalue weighted by Crippen LogP contribution is 2.28. The number of piperazine rings is 1. The van der Waals surface area contributed by atoms with Gasteiger partial charge >= 0.3 is 6.61 Å². The van der Waals surface area contributed by atoms with Gasteiger partial charge < -0.3 is 14.5 Å². The Labute approximate surface area is 179 Å². The molecular weight excluding hydrogens is 432 g/mol. The molecule has 3 heterocycles. The van der Waals surface area contributed by atoms with Gasteiger partial charge in [0.25, 0.3) is 11.8 Å². The number of carbonyl (C=O) groups is 2. The largest absolute Gasteiger partial charge is 0.434 e. The fourth-order valence-corrected chi connectivity index (χ4v) is 4.78. The van der Waals surface area contributed by atoms with Crippen LogP contribution in [0, 0.1) is 0 Å². The molecule has 1 aliphatic heterocycles. The second kappa shape index (κ2) is 8.88. The number of para-hydroxylation sites is 1. The van der Waals surface area contributed by atoms with Crippen molar-refractivity contribution in [3.63, 3.8) is 0 Å². The van der Waals surface area contributed by atoms with Crippen LogP contribution in [-0.2, 0) is 0 Å². The van der Waals surface area contributed by atoms with Gasteiger partial charge in [-0.1, -0.05) is 18.2 Å². The van der Waals surface area contributed by atoms with E-state index in [1.165, 1.54) is 34.4 Å². The number of thiophene rings is 1. The van der Waals surface area contributed by atoms with E-state index in [0.29, 0.717) is 31.9 Å². The van der Waals surface area contributed by atoms with Gasteiger partial charge in [-0.05, 0) is 23.6 Å². The van der Waals surface area contributed by atoms with Gasteiger partial charge in [0.1, 0.15) is 16.5 Å². The fourth-order valence-electron chi connectivity index (χ4n) is 3.17. The van der Waals surface area contributed by atoms with E-state index in [0.717, 1.165) is 9.88 Å². The number of amides is 2. The molecule has 1 fully saturated rings. The quantitative estimate of drug-likeness (QED) is 0.589. The first-order chi connectivity index (χ1) is 14.5. The van der Waals surface area contributed by atoms with E-state index < -0.39 is 12.5 Å². The maximum absolute atomic E-state index is 12.8. The molecule has 1 aromatic carbocycles. The number of thiazole rings is 1. The monoisotopic (exact) mass is 449 g/mol. The van der Waals surface area contributed by atoms with Crippen molar-refractivity contribution in [2.24, 2.45) is 0 Å². The Morgan fingerprint density at radius 1 is 0.967 bits per heavy atom. The molecule has 0 radical (unpaired) electrons. The number of hydrogen-bond donors (Lipinski definition) is 0. The molecule has 1 aliphatic rings. The standard InChI is InChI=1S/C20H17F2N3O3S2/c21-20(22)28-15-5-2-1-4-13(15)18(26)24-7-9-25(10-8-24)19(27)14-12-30-17(23-14)16-6-3-11-29-16/h1-6,11-12,20H,7-10H2. The van der Waals surface area contributed by atoms with Crippen LogP contribution in [0.15, 0.2) is 47.2 Å². The molecule has 0 spiro atoms. The molecule has 30 heavy (non-hydrogen) atoms. The second-order valence-electron chi connectivity index (χ2n) is 6.47. The summed E-state index contributed by atoms with van der Waals surface area (Å²) in [6, 6.07) is 9.81. The third kappa shape index (κ3) is 4.34. The second-order valence-corrected chi connectivity index (χ2v) is 8.28. The van der Waals surface area contributed by atoms with E-state index in [9.17, 15) is 18.4 Å². The van der Waals surface area contributed by atoms with Crippen molar-refractivity contribution in [2.45, 2.75) is 6.61 Å². The molecule has 0 unspecified atom stereocenters. The number of hydrogen-bond acceptors (Lipinski definition) is 6. The van der Waals surface area contributed by atoms with Crippen molar-refractivity contribution >= 4 is 34.5 Å². The van der Waals surface area contributed by atoms with Gasteiger partial charge in [0.2, 0.25) is 0 Å². The summed E-state index contributed by atoms with van der Waals surface area (Å²) in [4.78, 5) is 34.2. The van der Waals surface area contributed by atoms with Gasteiger partial charge in [-0.25, -0.2) is 4.98 Å². The molecule has 2 aromatic heterocycles. The van der Waals surface area contributed by atoms with Crippen molar-refractivity contribution in [3.8, 4) is 15.6 Å². The lowest BCUT2D eigenvalue weighted by Crippen LogP contribution is -2.50. The topological polar surface area (TPSA) is 62.7 Å². The zero-order chi connectivity index (χ0) is 21.1. The van der Waals surface area contributed by atoms with Gasteiger partial charge in [0.05, 0.1) is 10.4 Å². The Morgan fingerprint density at radius 3 is 2.33 bits per heavy atom. The van der Waals surface area contributed by atoms with E-state index in [1.54, 1.807) is 27.7 Å². The summed E-state index contributed by atoms with van der Waals surface area (Å²) >= 11 is 2.99. The number of aromatic nitrogens is 1. The van der Waals surface area contributed by atoms with Gasteiger partial charge in [0, 0.05) is 31.6 Å². The molecule has 156 valence electrons. The number of alkyl halides is 2. The number of carbonyl (C=O) groups excluding carboxylic acids is 2. The predicted molar refractivity (Wildman–Crippen MR) is 110 cm³/mol. The van der Waals surface area contributed by atoms with Crippen molar-refractivity contribution in [2.75, 3.05) is 26.2 Å². The molecule has 2 amide bonds.